The van der Waals surface area contributed by atoms with Gasteiger partial charge in [0.1, 0.15) is 0 Å². The molecule has 0 fully saturated rings. The Morgan fingerprint density at radius 3 is 2.93 bits per heavy atom. The highest BCUT2D eigenvalue weighted by Crippen LogP contribution is 2.22. The Bertz CT molecular complexity index is 271. The lowest BCUT2D eigenvalue weighted by Gasteiger charge is -2.22. The number of pyridine rings is 1. The molecule has 0 radical (unpaired) electrons. The van der Waals surface area contributed by atoms with Crippen molar-refractivity contribution in [3.63, 3.8) is 0 Å². The average Bonchev–Trinajstić information content (AvgIpc) is 2.19. The largest absolute Gasteiger partial charge is 0.383 e. The molecular weight excluding hydrogens is 172 g/mol. The summed E-state index contributed by atoms with van der Waals surface area (Å²) in [6.07, 6.45) is 6.20. The molecule has 0 saturated carbocycles. The predicted molar refractivity (Wildman–Crippen MR) is 61.6 cm³/mol. The summed E-state index contributed by atoms with van der Waals surface area (Å²) < 4.78 is 0. The van der Waals surface area contributed by atoms with Crippen LogP contribution in [-0.2, 0) is 6.42 Å². The number of rotatable bonds is 0. The fourth-order valence-corrected chi connectivity index (χ4v) is 1.49. The molecule has 1 aliphatic heterocycles. The summed E-state index contributed by atoms with van der Waals surface area (Å²) in [6.45, 7) is 7.59. The molecule has 1 unspecified atom stereocenters. The maximum atomic E-state index is 4.06. The van der Waals surface area contributed by atoms with Crippen molar-refractivity contribution in [2.45, 2.75) is 33.6 Å². The maximum Gasteiger partial charge on any atom is 0.0559 e. The first-order valence-corrected chi connectivity index (χ1v) is 5.44. The number of fused-ring (bicyclic) bond motifs is 1. The molecule has 2 heterocycles. The number of hydrogen-bond donors (Lipinski definition) is 1. The third-order valence-corrected chi connectivity index (χ3v) is 2.12. The second-order valence-electron chi connectivity index (χ2n) is 3.93. The first-order valence-electron chi connectivity index (χ1n) is 5.44. The van der Waals surface area contributed by atoms with Gasteiger partial charge in [-0.1, -0.05) is 27.2 Å². The van der Waals surface area contributed by atoms with E-state index in [4.69, 9.17) is 0 Å². The van der Waals surface area contributed by atoms with Gasteiger partial charge in [-0.15, -0.1) is 0 Å². The Labute approximate surface area is 86.8 Å². The predicted octanol–water partition coefficient (Wildman–Crippen LogP) is 3.10. The van der Waals surface area contributed by atoms with Gasteiger partial charge >= 0.3 is 0 Å². The van der Waals surface area contributed by atoms with Gasteiger partial charge in [0.2, 0.25) is 0 Å². The molecule has 0 aromatic carbocycles. The van der Waals surface area contributed by atoms with Crippen molar-refractivity contribution in [3.8, 4) is 0 Å². The molecule has 0 amide bonds. The number of hydrogen-bond acceptors (Lipinski definition) is 2. The van der Waals surface area contributed by atoms with Gasteiger partial charge in [-0.3, -0.25) is 4.98 Å². The van der Waals surface area contributed by atoms with Crippen LogP contribution in [0.1, 0.15) is 32.8 Å². The topological polar surface area (TPSA) is 24.9 Å². The van der Waals surface area contributed by atoms with Crippen molar-refractivity contribution in [2.24, 2.45) is 5.92 Å². The van der Waals surface area contributed by atoms with Crippen LogP contribution < -0.4 is 5.32 Å². The SMILES string of the molecule is CC1CNc2cnccc2C1.CCC. The molecule has 0 bridgehead atoms. The number of anilines is 1. The zero-order valence-electron chi connectivity index (χ0n) is 9.38. The summed E-state index contributed by atoms with van der Waals surface area (Å²) in [6, 6.07) is 2.10. The second-order valence-corrected chi connectivity index (χ2v) is 3.93. The Kier molecular flexibility index (Phi) is 4.44. The first-order chi connectivity index (χ1) is 6.77. The molecule has 1 atom stereocenters. The Balaban J connectivity index is 0.000000293. The molecule has 1 aromatic heterocycles. The van der Waals surface area contributed by atoms with E-state index < -0.39 is 0 Å². The zero-order chi connectivity index (χ0) is 10.4. The molecule has 2 nitrogen and oxygen atoms in total. The molecular formula is C12H20N2. The Morgan fingerprint density at radius 2 is 2.21 bits per heavy atom. The van der Waals surface area contributed by atoms with Crippen LogP contribution in [0.4, 0.5) is 5.69 Å². The lowest BCUT2D eigenvalue weighted by atomic mass is 9.97. The summed E-state index contributed by atoms with van der Waals surface area (Å²) in [5, 5.41) is 3.35. The minimum Gasteiger partial charge on any atom is -0.383 e. The van der Waals surface area contributed by atoms with Crippen molar-refractivity contribution in [1.82, 2.24) is 4.98 Å². The minimum atomic E-state index is 0.755. The van der Waals surface area contributed by atoms with Crippen LogP contribution in [0.3, 0.4) is 0 Å². The van der Waals surface area contributed by atoms with Crippen LogP contribution in [0.2, 0.25) is 0 Å². The highest BCUT2D eigenvalue weighted by molar-refractivity contribution is 5.50. The molecule has 0 saturated heterocycles. The van der Waals surface area contributed by atoms with Gasteiger partial charge in [-0.2, -0.15) is 0 Å². The monoisotopic (exact) mass is 192 g/mol. The fourth-order valence-electron chi connectivity index (χ4n) is 1.49. The van der Waals surface area contributed by atoms with Crippen LogP contribution in [0.15, 0.2) is 18.5 Å². The van der Waals surface area contributed by atoms with Gasteiger partial charge in [0, 0.05) is 12.7 Å². The number of aromatic nitrogens is 1. The smallest absolute Gasteiger partial charge is 0.0559 e. The zero-order valence-corrected chi connectivity index (χ0v) is 9.38. The van der Waals surface area contributed by atoms with Crippen molar-refractivity contribution in [3.05, 3.63) is 24.0 Å². The van der Waals surface area contributed by atoms with E-state index in [9.17, 15) is 0 Å². The standard InChI is InChI=1S/C9H12N2.C3H8/c1-7-4-8-2-3-10-6-9(8)11-5-7;1-3-2/h2-3,6-7,11H,4-5H2,1H3;3H2,1-2H3. The van der Waals surface area contributed by atoms with E-state index >= 15 is 0 Å². The summed E-state index contributed by atoms with van der Waals surface area (Å²) in [7, 11) is 0. The summed E-state index contributed by atoms with van der Waals surface area (Å²) in [5.74, 6) is 0.755. The summed E-state index contributed by atoms with van der Waals surface area (Å²) in [4.78, 5) is 4.06. The molecule has 14 heavy (non-hydrogen) atoms. The molecule has 0 spiro atoms. The minimum absolute atomic E-state index is 0.755. The van der Waals surface area contributed by atoms with Crippen molar-refractivity contribution in [1.29, 1.82) is 0 Å². The summed E-state index contributed by atoms with van der Waals surface area (Å²) >= 11 is 0. The fraction of sp³-hybridized carbons (Fsp3) is 0.583. The normalized spacial score (nSPS) is 18.6. The molecule has 2 rings (SSSR count). The Morgan fingerprint density at radius 1 is 1.50 bits per heavy atom. The van der Waals surface area contributed by atoms with E-state index in [0.717, 1.165) is 12.5 Å². The number of nitrogens with zero attached hydrogens (tertiary/aromatic N) is 1. The van der Waals surface area contributed by atoms with Crippen LogP contribution in [0.5, 0.6) is 0 Å². The molecule has 1 aliphatic rings. The highest BCUT2D eigenvalue weighted by Gasteiger charge is 2.12. The van der Waals surface area contributed by atoms with E-state index in [1.165, 1.54) is 24.1 Å². The molecule has 1 aromatic rings. The van der Waals surface area contributed by atoms with Crippen molar-refractivity contribution < 1.29 is 0 Å². The van der Waals surface area contributed by atoms with Gasteiger partial charge in [-0.05, 0) is 24.0 Å². The van der Waals surface area contributed by atoms with Crippen LogP contribution in [-0.4, -0.2) is 11.5 Å². The van der Waals surface area contributed by atoms with Crippen LogP contribution >= 0.6 is 0 Å². The second kappa shape index (κ2) is 5.63. The third-order valence-electron chi connectivity index (χ3n) is 2.12. The van der Waals surface area contributed by atoms with E-state index in [-0.39, 0.29) is 0 Å². The first kappa shape index (κ1) is 11.0. The number of nitrogens with one attached hydrogen (secondary N) is 1. The van der Waals surface area contributed by atoms with Crippen molar-refractivity contribution >= 4 is 5.69 Å². The van der Waals surface area contributed by atoms with E-state index in [1.54, 1.807) is 0 Å². The van der Waals surface area contributed by atoms with Crippen LogP contribution in [0.25, 0.3) is 0 Å². The Hall–Kier alpha value is -1.05. The van der Waals surface area contributed by atoms with E-state index in [1.807, 2.05) is 12.4 Å². The average molecular weight is 192 g/mol. The van der Waals surface area contributed by atoms with Crippen molar-refractivity contribution in [2.75, 3.05) is 11.9 Å². The summed E-state index contributed by atoms with van der Waals surface area (Å²) in [5.41, 5.74) is 2.62. The van der Waals surface area contributed by atoms with E-state index in [2.05, 4.69) is 37.1 Å². The highest BCUT2D eigenvalue weighted by atomic mass is 14.9. The molecule has 1 N–H and O–H groups in total. The van der Waals surface area contributed by atoms with E-state index in [0.29, 0.717) is 0 Å². The van der Waals surface area contributed by atoms with Gasteiger partial charge in [0.05, 0.1) is 11.9 Å². The third kappa shape index (κ3) is 3.02. The van der Waals surface area contributed by atoms with Crippen LogP contribution in [0, 0.1) is 5.92 Å². The van der Waals surface area contributed by atoms with Gasteiger partial charge in [0.15, 0.2) is 0 Å². The van der Waals surface area contributed by atoms with Gasteiger partial charge in [0.25, 0.3) is 0 Å². The lowest BCUT2D eigenvalue weighted by molar-refractivity contribution is 0.594. The quantitative estimate of drug-likeness (QED) is 0.683. The molecule has 2 heteroatoms. The van der Waals surface area contributed by atoms with Gasteiger partial charge in [-0.25, -0.2) is 0 Å². The lowest BCUT2D eigenvalue weighted by Crippen LogP contribution is -2.20. The van der Waals surface area contributed by atoms with Gasteiger partial charge < -0.3 is 5.32 Å². The molecule has 0 aliphatic carbocycles. The molecule has 78 valence electrons. The maximum absolute atomic E-state index is 4.06.